The summed E-state index contributed by atoms with van der Waals surface area (Å²) in [4.78, 5) is 10.7. The molecule has 0 bridgehead atoms. The molecule has 1 fully saturated rings. The SMILES string of the molecule is O=C1CC[C@H]([C@@H](O)[C@@H](O)CO)N1. The fourth-order valence-corrected chi connectivity index (χ4v) is 1.27. The van der Waals surface area contributed by atoms with Crippen LogP contribution in [-0.2, 0) is 4.79 Å². The molecule has 12 heavy (non-hydrogen) atoms. The zero-order valence-corrected chi connectivity index (χ0v) is 6.60. The van der Waals surface area contributed by atoms with E-state index in [0.29, 0.717) is 12.8 Å². The lowest BCUT2D eigenvalue weighted by atomic mass is 10.0. The second-order valence-electron chi connectivity index (χ2n) is 2.95. The van der Waals surface area contributed by atoms with E-state index in [1.807, 2.05) is 0 Å². The van der Waals surface area contributed by atoms with Crippen LogP contribution in [0.3, 0.4) is 0 Å². The van der Waals surface area contributed by atoms with Crippen LogP contribution in [0.2, 0.25) is 0 Å². The Balaban J connectivity index is 2.42. The number of amides is 1. The zero-order valence-electron chi connectivity index (χ0n) is 6.60. The molecule has 0 saturated carbocycles. The quantitative estimate of drug-likeness (QED) is 0.398. The van der Waals surface area contributed by atoms with Gasteiger partial charge in [0.05, 0.1) is 12.6 Å². The minimum atomic E-state index is -1.17. The Kier molecular flexibility index (Phi) is 3.02. The van der Waals surface area contributed by atoms with Gasteiger partial charge in [-0.3, -0.25) is 4.79 Å². The fourth-order valence-electron chi connectivity index (χ4n) is 1.27. The van der Waals surface area contributed by atoms with Crippen LogP contribution in [0.4, 0.5) is 0 Å². The van der Waals surface area contributed by atoms with Crippen LogP contribution in [0.5, 0.6) is 0 Å². The lowest BCUT2D eigenvalue weighted by molar-refractivity contribution is -0.120. The molecule has 1 amide bonds. The summed E-state index contributed by atoms with van der Waals surface area (Å²) in [6.45, 7) is -0.493. The highest BCUT2D eigenvalue weighted by Crippen LogP contribution is 2.12. The number of aliphatic hydroxyl groups excluding tert-OH is 3. The van der Waals surface area contributed by atoms with Gasteiger partial charge in [-0.15, -0.1) is 0 Å². The number of nitrogens with one attached hydrogen (secondary N) is 1. The van der Waals surface area contributed by atoms with Crippen LogP contribution in [0, 0.1) is 0 Å². The zero-order chi connectivity index (χ0) is 9.14. The van der Waals surface area contributed by atoms with Crippen LogP contribution in [0.15, 0.2) is 0 Å². The highest BCUT2D eigenvalue weighted by atomic mass is 16.4. The second kappa shape index (κ2) is 3.84. The molecule has 0 aromatic heterocycles. The largest absolute Gasteiger partial charge is 0.394 e. The van der Waals surface area contributed by atoms with Crippen molar-refractivity contribution in [2.45, 2.75) is 31.1 Å². The van der Waals surface area contributed by atoms with Crippen LogP contribution < -0.4 is 5.32 Å². The topological polar surface area (TPSA) is 89.8 Å². The maximum atomic E-state index is 10.7. The molecule has 1 aliphatic heterocycles. The monoisotopic (exact) mass is 175 g/mol. The molecule has 4 N–H and O–H groups in total. The minimum absolute atomic E-state index is 0.121. The van der Waals surface area contributed by atoms with Crippen molar-refractivity contribution in [3.05, 3.63) is 0 Å². The van der Waals surface area contributed by atoms with E-state index >= 15 is 0 Å². The van der Waals surface area contributed by atoms with Crippen LogP contribution >= 0.6 is 0 Å². The van der Waals surface area contributed by atoms with E-state index in [-0.39, 0.29) is 5.91 Å². The summed E-state index contributed by atoms with van der Waals surface area (Å²) in [5.74, 6) is -0.121. The molecule has 0 aliphatic carbocycles. The Bertz CT molecular complexity index is 173. The van der Waals surface area contributed by atoms with E-state index < -0.39 is 24.9 Å². The molecule has 1 rings (SSSR count). The summed E-state index contributed by atoms with van der Waals surface area (Å²) >= 11 is 0. The normalized spacial score (nSPS) is 28.2. The Morgan fingerprint density at radius 3 is 2.67 bits per heavy atom. The molecule has 5 heteroatoms. The fraction of sp³-hybridized carbons (Fsp3) is 0.857. The Labute approximate surface area is 70.0 Å². The molecule has 1 saturated heterocycles. The smallest absolute Gasteiger partial charge is 0.220 e. The van der Waals surface area contributed by atoms with Gasteiger partial charge in [-0.25, -0.2) is 0 Å². The highest BCUT2D eigenvalue weighted by Gasteiger charge is 2.31. The molecular formula is C7H13NO4. The Morgan fingerprint density at radius 2 is 2.25 bits per heavy atom. The average molecular weight is 175 g/mol. The second-order valence-corrected chi connectivity index (χ2v) is 2.95. The van der Waals surface area contributed by atoms with Crippen molar-refractivity contribution in [1.29, 1.82) is 0 Å². The number of carbonyl (C=O) groups is 1. The van der Waals surface area contributed by atoms with Gasteiger partial charge in [-0.1, -0.05) is 0 Å². The van der Waals surface area contributed by atoms with Gasteiger partial charge < -0.3 is 20.6 Å². The van der Waals surface area contributed by atoms with Crippen molar-refractivity contribution >= 4 is 5.91 Å². The van der Waals surface area contributed by atoms with Gasteiger partial charge in [0.25, 0.3) is 0 Å². The third kappa shape index (κ3) is 1.94. The molecule has 0 aromatic rings. The van der Waals surface area contributed by atoms with Crippen molar-refractivity contribution in [1.82, 2.24) is 5.32 Å². The van der Waals surface area contributed by atoms with Gasteiger partial charge in [-0.2, -0.15) is 0 Å². The molecule has 0 aromatic carbocycles. The van der Waals surface area contributed by atoms with Gasteiger partial charge >= 0.3 is 0 Å². The Morgan fingerprint density at radius 1 is 1.58 bits per heavy atom. The van der Waals surface area contributed by atoms with E-state index in [2.05, 4.69) is 5.32 Å². The minimum Gasteiger partial charge on any atom is -0.394 e. The maximum absolute atomic E-state index is 10.7. The molecule has 0 radical (unpaired) electrons. The number of hydrogen-bond acceptors (Lipinski definition) is 4. The standard InChI is InChI=1S/C7H13NO4/c9-3-5(10)7(12)4-1-2-6(11)8-4/h4-5,7,9-10,12H,1-3H2,(H,8,11)/t4-,5+,7-/m1/s1. The summed E-state index contributed by atoms with van der Waals surface area (Å²) in [5.41, 5.74) is 0. The lowest BCUT2D eigenvalue weighted by Crippen LogP contribution is -2.45. The molecule has 0 unspecified atom stereocenters. The molecule has 70 valence electrons. The van der Waals surface area contributed by atoms with E-state index in [1.54, 1.807) is 0 Å². The van der Waals surface area contributed by atoms with Crippen molar-refractivity contribution in [2.75, 3.05) is 6.61 Å². The van der Waals surface area contributed by atoms with E-state index in [4.69, 9.17) is 10.2 Å². The highest BCUT2D eigenvalue weighted by molar-refractivity contribution is 5.78. The first-order chi connectivity index (χ1) is 5.65. The van der Waals surface area contributed by atoms with Gasteiger partial charge in [0.2, 0.25) is 5.91 Å². The predicted molar refractivity (Wildman–Crippen MR) is 40.3 cm³/mol. The summed E-state index contributed by atoms with van der Waals surface area (Å²) in [6.07, 6.45) is -1.36. The molecule has 1 aliphatic rings. The number of rotatable bonds is 3. The number of carbonyl (C=O) groups excluding carboxylic acids is 1. The molecule has 3 atom stereocenters. The van der Waals surface area contributed by atoms with Crippen molar-refractivity contribution in [3.63, 3.8) is 0 Å². The summed E-state index contributed by atoms with van der Waals surface area (Å²) in [6, 6.07) is -0.417. The third-order valence-electron chi connectivity index (χ3n) is 2.02. The summed E-state index contributed by atoms with van der Waals surface area (Å²) in [7, 11) is 0. The summed E-state index contributed by atoms with van der Waals surface area (Å²) in [5, 5.41) is 29.3. The first kappa shape index (κ1) is 9.44. The summed E-state index contributed by atoms with van der Waals surface area (Å²) < 4.78 is 0. The van der Waals surface area contributed by atoms with Gasteiger partial charge in [-0.05, 0) is 6.42 Å². The van der Waals surface area contributed by atoms with Crippen molar-refractivity contribution in [2.24, 2.45) is 0 Å². The third-order valence-corrected chi connectivity index (χ3v) is 2.02. The lowest BCUT2D eigenvalue weighted by Gasteiger charge is -2.21. The molecule has 0 spiro atoms. The van der Waals surface area contributed by atoms with Gasteiger partial charge in [0.1, 0.15) is 12.2 Å². The Hall–Kier alpha value is -0.650. The molecular weight excluding hydrogens is 162 g/mol. The van der Waals surface area contributed by atoms with Gasteiger partial charge in [0.15, 0.2) is 0 Å². The number of aliphatic hydroxyl groups is 3. The predicted octanol–water partition coefficient (Wildman–Crippen LogP) is -2.02. The van der Waals surface area contributed by atoms with Crippen molar-refractivity contribution in [3.8, 4) is 0 Å². The first-order valence-electron chi connectivity index (χ1n) is 3.91. The first-order valence-corrected chi connectivity index (χ1v) is 3.91. The number of hydrogen-bond donors (Lipinski definition) is 4. The van der Waals surface area contributed by atoms with Crippen LogP contribution in [0.1, 0.15) is 12.8 Å². The van der Waals surface area contributed by atoms with Crippen molar-refractivity contribution < 1.29 is 20.1 Å². The van der Waals surface area contributed by atoms with Crippen LogP contribution in [-0.4, -0.2) is 46.1 Å². The van der Waals surface area contributed by atoms with Gasteiger partial charge in [0, 0.05) is 6.42 Å². The van der Waals surface area contributed by atoms with E-state index in [1.165, 1.54) is 0 Å². The maximum Gasteiger partial charge on any atom is 0.220 e. The molecule has 5 nitrogen and oxygen atoms in total. The average Bonchev–Trinajstić information content (AvgIpc) is 2.49. The van der Waals surface area contributed by atoms with E-state index in [9.17, 15) is 9.90 Å². The van der Waals surface area contributed by atoms with E-state index in [0.717, 1.165) is 0 Å². The van der Waals surface area contributed by atoms with Crippen LogP contribution in [0.25, 0.3) is 0 Å². The molecule has 1 heterocycles.